The van der Waals surface area contributed by atoms with Crippen LogP contribution < -0.4 is 10.6 Å². The second-order valence-electron chi connectivity index (χ2n) is 5.89. The van der Waals surface area contributed by atoms with E-state index in [4.69, 9.17) is 11.6 Å². The summed E-state index contributed by atoms with van der Waals surface area (Å²) in [4.78, 5) is 4.56. The lowest BCUT2D eigenvalue weighted by Gasteiger charge is -2.21. The molecule has 0 amide bonds. The number of benzene rings is 2. The Kier molecular flexibility index (Phi) is 4.34. The number of amidine groups is 1. The molecular formula is C18H20ClN3. The number of fused-ring (bicyclic) bond motifs is 1. The molecule has 0 bridgehead atoms. The smallest absolute Gasteiger partial charge is 0.132 e. The van der Waals surface area contributed by atoms with Crippen molar-refractivity contribution in [1.29, 1.82) is 0 Å². The third kappa shape index (κ3) is 3.25. The zero-order chi connectivity index (χ0) is 15.5. The van der Waals surface area contributed by atoms with Gasteiger partial charge in [-0.3, -0.25) is 0 Å². The van der Waals surface area contributed by atoms with E-state index in [1.807, 2.05) is 18.2 Å². The van der Waals surface area contributed by atoms with Gasteiger partial charge < -0.3 is 10.6 Å². The summed E-state index contributed by atoms with van der Waals surface area (Å²) in [6.07, 6.45) is 0. The summed E-state index contributed by atoms with van der Waals surface area (Å²) >= 11 is 6.10. The van der Waals surface area contributed by atoms with Crippen molar-refractivity contribution in [2.24, 2.45) is 10.9 Å². The van der Waals surface area contributed by atoms with Crippen molar-refractivity contribution in [3.63, 3.8) is 0 Å². The van der Waals surface area contributed by atoms with E-state index >= 15 is 0 Å². The van der Waals surface area contributed by atoms with E-state index in [-0.39, 0.29) is 0 Å². The molecule has 0 aliphatic carbocycles. The van der Waals surface area contributed by atoms with E-state index in [0.717, 1.165) is 39.8 Å². The molecule has 0 radical (unpaired) electrons. The summed E-state index contributed by atoms with van der Waals surface area (Å²) in [6.45, 7) is 5.92. The summed E-state index contributed by atoms with van der Waals surface area (Å²) in [6, 6.07) is 14.3. The highest BCUT2D eigenvalue weighted by Crippen LogP contribution is 2.28. The molecule has 2 aromatic carbocycles. The predicted octanol–water partition coefficient (Wildman–Crippen LogP) is 4.38. The Labute approximate surface area is 136 Å². The SMILES string of the molecule is CC(C)CNC1=NCNc2ccc(-c3cccc(Cl)c3)cc21. The van der Waals surface area contributed by atoms with Gasteiger partial charge in [-0.25, -0.2) is 4.99 Å². The molecule has 2 aromatic rings. The first-order chi connectivity index (χ1) is 10.6. The zero-order valence-electron chi connectivity index (χ0n) is 12.9. The third-order valence-electron chi connectivity index (χ3n) is 3.62. The molecule has 114 valence electrons. The second-order valence-corrected chi connectivity index (χ2v) is 6.32. The van der Waals surface area contributed by atoms with Crippen molar-refractivity contribution >= 4 is 23.1 Å². The first-order valence-corrected chi connectivity index (χ1v) is 7.94. The fraction of sp³-hybridized carbons (Fsp3) is 0.278. The molecule has 22 heavy (non-hydrogen) atoms. The van der Waals surface area contributed by atoms with Crippen LogP contribution in [-0.4, -0.2) is 19.0 Å². The Morgan fingerprint density at radius 3 is 2.77 bits per heavy atom. The predicted molar refractivity (Wildman–Crippen MR) is 94.8 cm³/mol. The highest BCUT2D eigenvalue weighted by atomic mass is 35.5. The van der Waals surface area contributed by atoms with Gasteiger partial charge >= 0.3 is 0 Å². The average molecular weight is 314 g/mol. The van der Waals surface area contributed by atoms with Gasteiger partial charge in [0.15, 0.2) is 0 Å². The number of nitrogens with one attached hydrogen (secondary N) is 2. The van der Waals surface area contributed by atoms with Crippen LogP contribution in [0.4, 0.5) is 5.69 Å². The number of nitrogens with zero attached hydrogens (tertiary/aromatic N) is 1. The molecule has 4 heteroatoms. The van der Waals surface area contributed by atoms with Crippen LogP contribution in [0.25, 0.3) is 11.1 Å². The summed E-state index contributed by atoms with van der Waals surface area (Å²) < 4.78 is 0. The van der Waals surface area contributed by atoms with Crippen molar-refractivity contribution in [2.75, 3.05) is 18.5 Å². The minimum Gasteiger partial charge on any atom is -0.369 e. The molecule has 0 unspecified atom stereocenters. The fourth-order valence-corrected chi connectivity index (χ4v) is 2.67. The van der Waals surface area contributed by atoms with Crippen LogP contribution in [0.1, 0.15) is 19.4 Å². The largest absolute Gasteiger partial charge is 0.369 e. The maximum absolute atomic E-state index is 6.10. The van der Waals surface area contributed by atoms with Gasteiger partial charge in [-0.2, -0.15) is 0 Å². The number of rotatable bonds is 3. The maximum atomic E-state index is 6.10. The van der Waals surface area contributed by atoms with Gasteiger partial charge in [0.25, 0.3) is 0 Å². The van der Waals surface area contributed by atoms with Crippen LogP contribution >= 0.6 is 11.6 Å². The quantitative estimate of drug-likeness (QED) is 0.882. The van der Waals surface area contributed by atoms with Crippen molar-refractivity contribution in [1.82, 2.24) is 5.32 Å². The Hall–Kier alpha value is -2.00. The molecule has 3 rings (SSSR count). The van der Waals surface area contributed by atoms with Gasteiger partial charge in [0.05, 0.1) is 0 Å². The van der Waals surface area contributed by atoms with Crippen molar-refractivity contribution in [3.8, 4) is 11.1 Å². The van der Waals surface area contributed by atoms with Crippen LogP contribution in [-0.2, 0) is 0 Å². The number of anilines is 1. The van der Waals surface area contributed by atoms with Crippen molar-refractivity contribution in [3.05, 3.63) is 53.1 Å². The lowest BCUT2D eigenvalue weighted by atomic mass is 10.0. The van der Waals surface area contributed by atoms with Crippen LogP contribution in [0, 0.1) is 5.92 Å². The highest BCUT2D eigenvalue weighted by molar-refractivity contribution is 6.30. The van der Waals surface area contributed by atoms with Crippen LogP contribution in [0.2, 0.25) is 5.02 Å². The third-order valence-corrected chi connectivity index (χ3v) is 3.85. The van der Waals surface area contributed by atoms with E-state index in [1.54, 1.807) is 0 Å². The standard InChI is InChI=1S/C18H20ClN3/c1-12(2)10-20-18-16-9-14(6-7-17(16)21-11-22-18)13-4-3-5-15(19)8-13/h3-9,12,21H,10-11H2,1-2H3,(H,20,22). The zero-order valence-corrected chi connectivity index (χ0v) is 13.6. The van der Waals surface area contributed by atoms with E-state index in [1.165, 1.54) is 0 Å². The van der Waals surface area contributed by atoms with E-state index in [2.05, 4.69) is 53.7 Å². The summed E-state index contributed by atoms with van der Waals surface area (Å²) in [5.41, 5.74) is 4.49. The molecule has 0 fully saturated rings. The first-order valence-electron chi connectivity index (χ1n) is 7.56. The Balaban J connectivity index is 1.95. The number of halogens is 1. The van der Waals surface area contributed by atoms with E-state index in [0.29, 0.717) is 12.6 Å². The van der Waals surface area contributed by atoms with E-state index in [9.17, 15) is 0 Å². The molecule has 0 aromatic heterocycles. The molecule has 0 atom stereocenters. The number of hydrogen-bond acceptors (Lipinski definition) is 3. The van der Waals surface area contributed by atoms with E-state index < -0.39 is 0 Å². The van der Waals surface area contributed by atoms with Gasteiger partial charge in [-0.05, 0) is 41.3 Å². The molecule has 3 nitrogen and oxygen atoms in total. The lowest BCUT2D eigenvalue weighted by Crippen LogP contribution is -2.32. The molecular weight excluding hydrogens is 294 g/mol. The Morgan fingerprint density at radius 1 is 1.18 bits per heavy atom. The summed E-state index contributed by atoms with van der Waals surface area (Å²) in [5.74, 6) is 1.54. The molecule has 1 aliphatic heterocycles. The first kappa shape index (κ1) is 14.9. The second kappa shape index (κ2) is 6.41. The van der Waals surface area contributed by atoms with Gasteiger partial charge in [-0.1, -0.05) is 43.6 Å². The molecule has 1 heterocycles. The summed E-state index contributed by atoms with van der Waals surface area (Å²) in [5, 5.41) is 7.52. The molecule has 2 N–H and O–H groups in total. The number of hydrogen-bond donors (Lipinski definition) is 2. The van der Waals surface area contributed by atoms with Crippen LogP contribution in [0.5, 0.6) is 0 Å². The van der Waals surface area contributed by atoms with Gasteiger partial charge in [-0.15, -0.1) is 0 Å². The molecule has 0 saturated heterocycles. The normalized spacial score (nSPS) is 13.4. The molecule has 0 spiro atoms. The highest BCUT2D eigenvalue weighted by Gasteiger charge is 2.15. The van der Waals surface area contributed by atoms with Gasteiger partial charge in [0.2, 0.25) is 0 Å². The van der Waals surface area contributed by atoms with Crippen LogP contribution in [0.15, 0.2) is 47.5 Å². The van der Waals surface area contributed by atoms with Crippen LogP contribution in [0.3, 0.4) is 0 Å². The Bertz CT molecular complexity index is 707. The maximum Gasteiger partial charge on any atom is 0.132 e. The average Bonchev–Trinajstić information content (AvgIpc) is 2.52. The van der Waals surface area contributed by atoms with Gasteiger partial charge in [0, 0.05) is 22.8 Å². The van der Waals surface area contributed by atoms with Crippen molar-refractivity contribution in [2.45, 2.75) is 13.8 Å². The molecule has 0 saturated carbocycles. The topological polar surface area (TPSA) is 36.4 Å². The molecule has 1 aliphatic rings. The van der Waals surface area contributed by atoms with Gasteiger partial charge in [0.1, 0.15) is 12.5 Å². The fourth-order valence-electron chi connectivity index (χ4n) is 2.48. The van der Waals surface area contributed by atoms with Crippen molar-refractivity contribution < 1.29 is 0 Å². The monoisotopic (exact) mass is 313 g/mol. The minimum atomic E-state index is 0.581. The number of aliphatic imine (C=N–C) groups is 1. The lowest BCUT2D eigenvalue weighted by molar-refractivity contribution is 0.624. The summed E-state index contributed by atoms with van der Waals surface area (Å²) in [7, 11) is 0. The Morgan fingerprint density at radius 2 is 2.00 bits per heavy atom. The minimum absolute atomic E-state index is 0.581.